The van der Waals surface area contributed by atoms with Gasteiger partial charge in [-0.15, -0.1) is 0 Å². The molecule has 0 aliphatic carbocycles. The molecule has 0 saturated heterocycles. The average molecular weight is 266 g/mol. The Morgan fingerprint density at radius 3 is 2.42 bits per heavy atom. The summed E-state index contributed by atoms with van der Waals surface area (Å²) in [4.78, 5) is 10.9. The summed E-state index contributed by atoms with van der Waals surface area (Å²) < 4.78 is 10.7. The minimum absolute atomic E-state index is 0.295. The zero-order valence-electron chi connectivity index (χ0n) is 12.2. The summed E-state index contributed by atoms with van der Waals surface area (Å²) in [6.07, 6.45) is 0. The molecule has 0 radical (unpaired) electrons. The van der Waals surface area contributed by atoms with Gasteiger partial charge in [-0.25, -0.2) is 4.79 Å². The lowest BCUT2D eigenvalue weighted by Crippen LogP contribution is -2.40. The highest BCUT2D eigenvalue weighted by molar-refractivity contribution is 5.71. The second kappa shape index (κ2) is 5.82. The van der Waals surface area contributed by atoms with Gasteiger partial charge >= 0.3 is 6.03 Å². The first-order valence-corrected chi connectivity index (χ1v) is 6.08. The number of amides is 2. The van der Waals surface area contributed by atoms with E-state index < -0.39 is 6.03 Å². The van der Waals surface area contributed by atoms with Crippen molar-refractivity contribution in [3.05, 3.63) is 23.3 Å². The Morgan fingerprint density at radius 2 is 1.95 bits per heavy atom. The molecule has 0 aliphatic rings. The van der Waals surface area contributed by atoms with Gasteiger partial charge < -0.3 is 20.5 Å². The molecule has 19 heavy (non-hydrogen) atoms. The molecule has 3 N–H and O–H groups in total. The van der Waals surface area contributed by atoms with Gasteiger partial charge in [0.2, 0.25) is 0 Å². The number of nitrogens with one attached hydrogen (secondary N) is 1. The van der Waals surface area contributed by atoms with E-state index in [1.807, 2.05) is 32.9 Å². The van der Waals surface area contributed by atoms with Crippen molar-refractivity contribution in [3.8, 4) is 11.5 Å². The van der Waals surface area contributed by atoms with Crippen LogP contribution in [0.1, 0.15) is 25.0 Å². The lowest BCUT2D eigenvalue weighted by atomic mass is 9.81. The zero-order chi connectivity index (χ0) is 14.6. The third kappa shape index (κ3) is 3.53. The average Bonchev–Trinajstić information content (AvgIpc) is 2.35. The van der Waals surface area contributed by atoms with Crippen molar-refractivity contribution in [3.63, 3.8) is 0 Å². The van der Waals surface area contributed by atoms with Crippen molar-refractivity contribution in [1.82, 2.24) is 5.32 Å². The zero-order valence-corrected chi connectivity index (χ0v) is 12.2. The maximum Gasteiger partial charge on any atom is 0.312 e. The highest BCUT2D eigenvalue weighted by atomic mass is 16.5. The Labute approximate surface area is 114 Å². The molecule has 0 fully saturated rings. The molecule has 0 bridgehead atoms. The molecule has 0 aromatic heterocycles. The van der Waals surface area contributed by atoms with E-state index in [-0.39, 0.29) is 5.41 Å². The van der Waals surface area contributed by atoms with E-state index in [1.54, 1.807) is 14.2 Å². The van der Waals surface area contributed by atoms with Crippen molar-refractivity contribution in [2.24, 2.45) is 5.73 Å². The van der Waals surface area contributed by atoms with Crippen molar-refractivity contribution >= 4 is 6.03 Å². The number of carbonyl (C=O) groups is 1. The Balaban J connectivity index is 3.20. The molecule has 0 aliphatic heterocycles. The highest BCUT2D eigenvalue weighted by Gasteiger charge is 2.27. The van der Waals surface area contributed by atoms with Crippen molar-refractivity contribution in [2.75, 3.05) is 20.8 Å². The molecule has 0 heterocycles. The Bertz CT molecular complexity index is 470. The number of hydrogen-bond acceptors (Lipinski definition) is 3. The fraction of sp³-hybridized carbons (Fsp3) is 0.500. The Kier molecular flexibility index (Phi) is 4.64. The largest absolute Gasteiger partial charge is 0.497 e. The number of rotatable bonds is 5. The molecule has 5 heteroatoms. The molecule has 1 aromatic rings. The van der Waals surface area contributed by atoms with E-state index in [9.17, 15) is 4.79 Å². The number of urea groups is 1. The first kappa shape index (κ1) is 15.1. The van der Waals surface area contributed by atoms with E-state index in [1.165, 1.54) is 0 Å². The lowest BCUT2D eigenvalue weighted by molar-refractivity contribution is 0.246. The van der Waals surface area contributed by atoms with Crippen molar-refractivity contribution in [2.45, 2.75) is 26.2 Å². The number of ether oxygens (including phenoxy) is 2. The minimum Gasteiger partial charge on any atom is -0.497 e. The standard InChI is InChI=1S/C14H22N2O3/c1-9-6-10(18-4)7-11(19-5)12(9)14(2,3)8-16-13(15)17/h6-7H,8H2,1-5H3,(H3,15,16,17). The predicted octanol–water partition coefficient (Wildman–Crippen LogP) is 1.96. The smallest absolute Gasteiger partial charge is 0.312 e. The molecular formula is C14H22N2O3. The van der Waals surface area contributed by atoms with Gasteiger partial charge in [-0.1, -0.05) is 13.8 Å². The van der Waals surface area contributed by atoms with E-state index in [0.717, 1.165) is 22.6 Å². The van der Waals surface area contributed by atoms with Crippen LogP contribution >= 0.6 is 0 Å². The lowest BCUT2D eigenvalue weighted by Gasteiger charge is -2.29. The molecule has 2 amide bonds. The van der Waals surface area contributed by atoms with Crippen LogP contribution in [0.3, 0.4) is 0 Å². The van der Waals surface area contributed by atoms with Crippen molar-refractivity contribution in [1.29, 1.82) is 0 Å². The summed E-state index contributed by atoms with van der Waals surface area (Å²) in [5.74, 6) is 1.49. The summed E-state index contributed by atoms with van der Waals surface area (Å²) in [5.41, 5.74) is 6.92. The van der Waals surface area contributed by atoms with Gasteiger partial charge in [-0.05, 0) is 18.6 Å². The van der Waals surface area contributed by atoms with E-state index in [2.05, 4.69) is 5.32 Å². The summed E-state index contributed by atoms with van der Waals surface area (Å²) in [6, 6.07) is 3.26. The molecule has 0 saturated carbocycles. The molecule has 0 unspecified atom stereocenters. The number of methoxy groups -OCH3 is 2. The second-order valence-electron chi connectivity index (χ2n) is 5.12. The number of primary amides is 1. The van der Waals surface area contributed by atoms with Gasteiger partial charge in [0.25, 0.3) is 0 Å². The molecule has 5 nitrogen and oxygen atoms in total. The number of carbonyl (C=O) groups excluding carboxylic acids is 1. The molecule has 1 rings (SSSR count). The second-order valence-corrected chi connectivity index (χ2v) is 5.12. The topological polar surface area (TPSA) is 73.6 Å². The highest BCUT2D eigenvalue weighted by Crippen LogP contribution is 2.37. The van der Waals surface area contributed by atoms with E-state index in [0.29, 0.717) is 6.54 Å². The van der Waals surface area contributed by atoms with Gasteiger partial charge in [0.1, 0.15) is 11.5 Å². The van der Waals surface area contributed by atoms with Crippen LogP contribution < -0.4 is 20.5 Å². The van der Waals surface area contributed by atoms with Gasteiger partial charge in [0.15, 0.2) is 0 Å². The van der Waals surface area contributed by atoms with Gasteiger partial charge in [-0.2, -0.15) is 0 Å². The van der Waals surface area contributed by atoms with Gasteiger partial charge in [0.05, 0.1) is 14.2 Å². The number of hydrogen-bond donors (Lipinski definition) is 2. The van der Waals surface area contributed by atoms with Crippen LogP contribution in [0.4, 0.5) is 4.79 Å². The van der Waals surface area contributed by atoms with Crippen LogP contribution in [-0.4, -0.2) is 26.8 Å². The third-order valence-electron chi connectivity index (χ3n) is 3.11. The van der Waals surface area contributed by atoms with E-state index in [4.69, 9.17) is 15.2 Å². The van der Waals surface area contributed by atoms with Gasteiger partial charge in [0, 0.05) is 23.6 Å². The SMILES string of the molecule is COc1cc(C)c(C(C)(C)CNC(N)=O)c(OC)c1. The van der Waals surface area contributed by atoms with Crippen LogP contribution in [0.5, 0.6) is 11.5 Å². The molecule has 106 valence electrons. The fourth-order valence-corrected chi connectivity index (χ4v) is 2.27. The molecule has 0 spiro atoms. The molecule has 1 aromatic carbocycles. The van der Waals surface area contributed by atoms with Crippen LogP contribution in [0, 0.1) is 6.92 Å². The Hall–Kier alpha value is -1.91. The van der Waals surface area contributed by atoms with E-state index >= 15 is 0 Å². The number of aryl methyl sites for hydroxylation is 1. The minimum atomic E-state index is -0.529. The first-order chi connectivity index (χ1) is 8.81. The summed E-state index contributed by atoms with van der Waals surface area (Å²) in [7, 11) is 3.24. The quantitative estimate of drug-likeness (QED) is 0.855. The van der Waals surface area contributed by atoms with Gasteiger partial charge in [-0.3, -0.25) is 0 Å². The summed E-state index contributed by atoms with van der Waals surface area (Å²) >= 11 is 0. The number of nitrogens with two attached hydrogens (primary N) is 1. The van der Waals surface area contributed by atoms with Crippen LogP contribution in [0.2, 0.25) is 0 Å². The fourth-order valence-electron chi connectivity index (χ4n) is 2.27. The maximum atomic E-state index is 10.9. The monoisotopic (exact) mass is 266 g/mol. The Morgan fingerprint density at radius 1 is 1.32 bits per heavy atom. The number of benzene rings is 1. The first-order valence-electron chi connectivity index (χ1n) is 6.08. The summed E-state index contributed by atoms with van der Waals surface area (Å²) in [5, 5.41) is 2.64. The van der Waals surface area contributed by atoms with Crippen LogP contribution in [-0.2, 0) is 5.41 Å². The van der Waals surface area contributed by atoms with Crippen LogP contribution in [0.25, 0.3) is 0 Å². The third-order valence-corrected chi connectivity index (χ3v) is 3.11. The summed E-state index contributed by atoms with van der Waals surface area (Å²) in [6.45, 7) is 6.48. The molecular weight excluding hydrogens is 244 g/mol. The van der Waals surface area contributed by atoms with Crippen LogP contribution in [0.15, 0.2) is 12.1 Å². The predicted molar refractivity (Wildman–Crippen MR) is 74.9 cm³/mol. The van der Waals surface area contributed by atoms with Crippen molar-refractivity contribution < 1.29 is 14.3 Å². The maximum absolute atomic E-state index is 10.9. The normalized spacial score (nSPS) is 11.0. The molecule has 0 atom stereocenters.